The summed E-state index contributed by atoms with van der Waals surface area (Å²) in [5, 5.41) is 3.98. The van der Waals surface area contributed by atoms with Gasteiger partial charge in [-0.1, -0.05) is 11.6 Å². The molecule has 0 saturated heterocycles. The van der Waals surface area contributed by atoms with Crippen LogP contribution in [0.15, 0.2) is 0 Å². The second-order valence-corrected chi connectivity index (χ2v) is 4.52. The molecule has 1 aliphatic rings. The summed E-state index contributed by atoms with van der Waals surface area (Å²) in [6, 6.07) is 0. The minimum Gasteiger partial charge on any atom is -0.341 e. The Morgan fingerprint density at radius 1 is 1.18 bits per heavy atom. The third-order valence-electron chi connectivity index (χ3n) is 3.17. The highest BCUT2D eigenvalue weighted by atomic mass is 35.5. The second-order valence-electron chi connectivity index (χ2n) is 4.16. The molecule has 1 aromatic heterocycles. The predicted molar refractivity (Wildman–Crippen MR) is 70.9 cm³/mol. The highest BCUT2D eigenvalue weighted by molar-refractivity contribution is 6.30. The van der Waals surface area contributed by atoms with Gasteiger partial charge in [-0.15, -0.1) is 0 Å². The summed E-state index contributed by atoms with van der Waals surface area (Å²) >= 11 is 6.27. The Kier molecular flexibility index (Phi) is 4.18. The van der Waals surface area contributed by atoms with E-state index in [-0.39, 0.29) is 0 Å². The van der Waals surface area contributed by atoms with Crippen LogP contribution < -0.4 is 10.2 Å². The van der Waals surface area contributed by atoms with Crippen LogP contribution >= 0.6 is 11.6 Å². The monoisotopic (exact) mass is 254 g/mol. The first-order chi connectivity index (χ1) is 8.26. The Bertz CT molecular complexity index is 390. The lowest BCUT2D eigenvalue weighted by Gasteiger charge is -2.20. The molecule has 0 saturated carbocycles. The topological polar surface area (TPSA) is 41.1 Å². The number of halogens is 1. The molecule has 1 N–H and O–H groups in total. The van der Waals surface area contributed by atoms with E-state index in [0.717, 1.165) is 56.2 Å². The van der Waals surface area contributed by atoms with Gasteiger partial charge in [0.05, 0.1) is 5.69 Å². The van der Waals surface area contributed by atoms with Crippen molar-refractivity contribution in [3.05, 3.63) is 16.4 Å². The van der Waals surface area contributed by atoms with Gasteiger partial charge in [-0.3, -0.25) is 0 Å². The van der Waals surface area contributed by atoms with Crippen molar-refractivity contribution in [1.29, 1.82) is 0 Å². The molecule has 2 rings (SSSR count). The molecule has 0 radical (unpaired) electrons. The number of nitrogens with zero attached hydrogens (tertiary/aromatic N) is 3. The van der Waals surface area contributed by atoms with Crippen molar-refractivity contribution in [1.82, 2.24) is 15.3 Å². The molecular weight excluding hydrogens is 236 g/mol. The van der Waals surface area contributed by atoms with Gasteiger partial charge >= 0.3 is 0 Å². The highest BCUT2D eigenvalue weighted by Gasteiger charge is 2.17. The molecule has 0 amide bonds. The molecule has 1 aromatic rings. The van der Waals surface area contributed by atoms with E-state index in [0.29, 0.717) is 5.15 Å². The lowest BCUT2D eigenvalue weighted by Crippen LogP contribution is -2.25. The van der Waals surface area contributed by atoms with Gasteiger partial charge in [0.25, 0.3) is 0 Å². The van der Waals surface area contributed by atoms with Gasteiger partial charge in [-0.05, 0) is 26.8 Å². The molecule has 2 heterocycles. The summed E-state index contributed by atoms with van der Waals surface area (Å²) in [6.07, 6.45) is 1.86. The van der Waals surface area contributed by atoms with E-state index in [2.05, 4.69) is 34.0 Å². The molecule has 0 atom stereocenters. The fourth-order valence-corrected chi connectivity index (χ4v) is 2.41. The minimum atomic E-state index is 0.626. The van der Waals surface area contributed by atoms with Crippen LogP contribution in [0.3, 0.4) is 0 Å². The lowest BCUT2D eigenvalue weighted by atomic mass is 10.1. The van der Waals surface area contributed by atoms with E-state index in [1.807, 2.05) is 0 Å². The Morgan fingerprint density at radius 3 is 2.59 bits per heavy atom. The fraction of sp³-hybridized carbons (Fsp3) is 0.667. The average molecular weight is 255 g/mol. The first kappa shape index (κ1) is 12.6. The Morgan fingerprint density at radius 2 is 1.88 bits per heavy atom. The number of nitrogens with one attached hydrogen (secondary N) is 1. The maximum Gasteiger partial charge on any atom is 0.226 e. The van der Waals surface area contributed by atoms with Crippen molar-refractivity contribution in [2.45, 2.75) is 26.7 Å². The van der Waals surface area contributed by atoms with Gasteiger partial charge in [0.2, 0.25) is 5.95 Å². The number of anilines is 1. The Hall–Kier alpha value is -0.870. The van der Waals surface area contributed by atoms with E-state index in [9.17, 15) is 0 Å². The number of rotatable bonds is 3. The lowest BCUT2D eigenvalue weighted by molar-refractivity contribution is 0.708. The van der Waals surface area contributed by atoms with E-state index in [1.165, 1.54) is 0 Å². The van der Waals surface area contributed by atoms with Gasteiger partial charge in [-0.2, -0.15) is 0 Å². The fourth-order valence-electron chi connectivity index (χ4n) is 2.13. The van der Waals surface area contributed by atoms with Gasteiger partial charge < -0.3 is 10.2 Å². The summed E-state index contributed by atoms with van der Waals surface area (Å²) in [6.45, 7) is 7.95. The average Bonchev–Trinajstić information content (AvgIpc) is 2.56. The largest absolute Gasteiger partial charge is 0.341 e. The summed E-state index contributed by atoms with van der Waals surface area (Å²) in [7, 11) is 0. The molecule has 0 aromatic carbocycles. The number of fused-ring (bicyclic) bond motifs is 1. The minimum absolute atomic E-state index is 0.626. The maximum absolute atomic E-state index is 6.27. The molecule has 5 heteroatoms. The quantitative estimate of drug-likeness (QED) is 0.833. The van der Waals surface area contributed by atoms with E-state index < -0.39 is 0 Å². The molecule has 1 aliphatic heterocycles. The zero-order valence-electron chi connectivity index (χ0n) is 10.5. The Labute approximate surface area is 107 Å². The van der Waals surface area contributed by atoms with Crippen LogP contribution in [-0.4, -0.2) is 36.1 Å². The molecule has 94 valence electrons. The van der Waals surface area contributed by atoms with Crippen LogP contribution in [0.4, 0.5) is 5.95 Å². The van der Waals surface area contributed by atoms with Crippen LogP contribution in [0.5, 0.6) is 0 Å². The second kappa shape index (κ2) is 5.65. The molecule has 0 fully saturated rings. The van der Waals surface area contributed by atoms with Crippen molar-refractivity contribution in [3.8, 4) is 0 Å². The van der Waals surface area contributed by atoms with Crippen molar-refractivity contribution in [2.75, 3.05) is 31.1 Å². The summed E-state index contributed by atoms with van der Waals surface area (Å²) in [4.78, 5) is 11.2. The van der Waals surface area contributed by atoms with Crippen molar-refractivity contribution >= 4 is 17.5 Å². The first-order valence-corrected chi connectivity index (χ1v) is 6.65. The highest BCUT2D eigenvalue weighted by Crippen LogP contribution is 2.22. The zero-order valence-corrected chi connectivity index (χ0v) is 11.2. The van der Waals surface area contributed by atoms with E-state index >= 15 is 0 Å². The maximum atomic E-state index is 6.27. The number of hydrogen-bond donors (Lipinski definition) is 1. The SMILES string of the molecule is CCN(CC)c1nc(Cl)c2c(n1)CCNCC2. The van der Waals surface area contributed by atoms with E-state index in [1.54, 1.807) is 0 Å². The van der Waals surface area contributed by atoms with Crippen molar-refractivity contribution < 1.29 is 0 Å². The molecule has 0 spiro atoms. The molecule has 0 aliphatic carbocycles. The van der Waals surface area contributed by atoms with E-state index in [4.69, 9.17) is 11.6 Å². The molecule has 4 nitrogen and oxygen atoms in total. The molecule has 17 heavy (non-hydrogen) atoms. The smallest absolute Gasteiger partial charge is 0.226 e. The number of hydrogen-bond acceptors (Lipinski definition) is 4. The molecular formula is C12H19ClN4. The first-order valence-electron chi connectivity index (χ1n) is 6.27. The Balaban J connectivity index is 2.38. The normalized spacial score (nSPS) is 15.2. The van der Waals surface area contributed by atoms with Crippen molar-refractivity contribution in [2.24, 2.45) is 0 Å². The van der Waals surface area contributed by atoms with Crippen LogP contribution in [0, 0.1) is 0 Å². The predicted octanol–water partition coefficient (Wildman–Crippen LogP) is 1.66. The number of aromatic nitrogens is 2. The van der Waals surface area contributed by atoms with Gasteiger partial charge in [-0.25, -0.2) is 9.97 Å². The van der Waals surface area contributed by atoms with Crippen LogP contribution in [0.25, 0.3) is 0 Å². The third-order valence-corrected chi connectivity index (χ3v) is 3.48. The standard InChI is InChI=1S/C12H19ClN4/c1-3-17(4-2)12-15-10-6-8-14-7-5-9(10)11(13)16-12/h14H,3-8H2,1-2H3. The summed E-state index contributed by atoms with van der Waals surface area (Å²) in [5.41, 5.74) is 2.23. The zero-order chi connectivity index (χ0) is 12.3. The van der Waals surface area contributed by atoms with Crippen LogP contribution in [-0.2, 0) is 12.8 Å². The molecule has 0 bridgehead atoms. The van der Waals surface area contributed by atoms with Crippen LogP contribution in [0.2, 0.25) is 5.15 Å². The van der Waals surface area contributed by atoms with Gasteiger partial charge in [0, 0.05) is 31.6 Å². The van der Waals surface area contributed by atoms with Crippen LogP contribution in [0.1, 0.15) is 25.1 Å². The third kappa shape index (κ3) is 2.69. The van der Waals surface area contributed by atoms with Gasteiger partial charge in [0.1, 0.15) is 5.15 Å². The van der Waals surface area contributed by atoms with Gasteiger partial charge in [0.15, 0.2) is 0 Å². The summed E-state index contributed by atoms with van der Waals surface area (Å²) in [5.74, 6) is 0.764. The van der Waals surface area contributed by atoms with Crippen molar-refractivity contribution in [3.63, 3.8) is 0 Å². The molecule has 0 unspecified atom stereocenters. The summed E-state index contributed by atoms with van der Waals surface area (Å²) < 4.78 is 0.